The molecule has 4 nitrogen and oxygen atoms in total. The van der Waals surface area contributed by atoms with Crippen molar-refractivity contribution < 1.29 is 9.59 Å². The van der Waals surface area contributed by atoms with Crippen LogP contribution in [0.3, 0.4) is 0 Å². The van der Waals surface area contributed by atoms with E-state index in [2.05, 4.69) is 10.6 Å². The predicted octanol–water partition coefficient (Wildman–Crippen LogP) is 5.14. The maximum Gasteiger partial charge on any atom is 0.235 e. The van der Waals surface area contributed by atoms with Gasteiger partial charge in [-0.05, 0) is 48.7 Å². The normalized spacial score (nSPS) is 15.9. The van der Waals surface area contributed by atoms with Gasteiger partial charge in [-0.15, -0.1) is 0 Å². The number of halogens is 1. The Morgan fingerprint density at radius 3 is 2.23 bits per heavy atom. The van der Waals surface area contributed by atoms with E-state index >= 15 is 0 Å². The van der Waals surface area contributed by atoms with Crippen LogP contribution in [0.1, 0.15) is 44.6 Å². The Morgan fingerprint density at radius 1 is 0.923 bits per heavy atom. The molecule has 0 aliphatic heterocycles. The minimum Gasteiger partial charge on any atom is -0.326 e. The molecule has 0 atom stereocenters. The van der Waals surface area contributed by atoms with Crippen LogP contribution < -0.4 is 10.6 Å². The number of carbonyl (C=O) groups is 2. The Bertz CT molecular complexity index is 813. The molecular formula is C21H23ClN2O2. The van der Waals surface area contributed by atoms with E-state index in [1.54, 1.807) is 12.1 Å². The first-order valence-corrected chi connectivity index (χ1v) is 9.33. The second kappa shape index (κ2) is 7.92. The average molecular weight is 371 g/mol. The number of nitrogens with one attached hydrogen (secondary N) is 2. The molecule has 0 saturated heterocycles. The fourth-order valence-corrected chi connectivity index (χ4v) is 3.91. The monoisotopic (exact) mass is 370 g/mol. The number of hydrogen-bond donors (Lipinski definition) is 2. The van der Waals surface area contributed by atoms with Crippen LogP contribution in [0.25, 0.3) is 0 Å². The van der Waals surface area contributed by atoms with E-state index in [1.165, 1.54) is 6.92 Å². The second-order valence-electron chi connectivity index (χ2n) is 6.87. The number of rotatable bonds is 4. The number of anilines is 2. The third-order valence-corrected chi connectivity index (χ3v) is 5.19. The van der Waals surface area contributed by atoms with E-state index in [4.69, 9.17) is 11.6 Å². The van der Waals surface area contributed by atoms with Gasteiger partial charge in [0.05, 0.1) is 5.41 Å². The van der Waals surface area contributed by atoms with Gasteiger partial charge in [0.25, 0.3) is 0 Å². The van der Waals surface area contributed by atoms with Crippen molar-refractivity contribution in [3.63, 3.8) is 0 Å². The Morgan fingerprint density at radius 2 is 1.58 bits per heavy atom. The Labute approximate surface area is 158 Å². The molecule has 5 heteroatoms. The van der Waals surface area contributed by atoms with Gasteiger partial charge >= 0.3 is 0 Å². The quantitative estimate of drug-likeness (QED) is 0.782. The fourth-order valence-electron chi connectivity index (χ4n) is 3.72. The summed E-state index contributed by atoms with van der Waals surface area (Å²) in [5.74, 6) is -0.157. The lowest BCUT2D eigenvalue weighted by molar-refractivity contribution is -0.122. The first-order valence-electron chi connectivity index (χ1n) is 8.95. The second-order valence-corrected chi connectivity index (χ2v) is 7.31. The fraction of sp³-hybridized carbons (Fsp3) is 0.333. The topological polar surface area (TPSA) is 58.2 Å². The van der Waals surface area contributed by atoms with E-state index in [0.717, 1.165) is 37.7 Å². The van der Waals surface area contributed by atoms with Crippen LogP contribution in [-0.4, -0.2) is 11.8 Å². The minimum absolute atomic E-state index is 0.0144. The lowest BCUT2D eigenvalue weighted by Gasteiger charge is -2.36. The van der Waals surface area contributed by atoms with E-state index in [9.17, 15) is 9.59 Å². The maximum absolute atomic E-state index is 13.3. The average Bonchev–Trinajstić information content (AvgIpc) is 2.62. The van der Waals surface area contributed by atoms with Gasteiger partial charge in [0, 0.05) is 23.3 Å². The van der Waals surface area contributed by atoms with Gasteiger partial charge in [-0.2, -0.15) is 0 Å². The highest BCUT2D eigenvalue weighted by Gasteiger charge is 2.41. The van der Waals surface area contributed by atoms with Gasteiger partial charge in [-0.1, -0.05) is 49.1 Å². The van der Waals surface area contributed by atoms with Crippen LogP contribution in [0, 0.1) is 0 Å². The van der Waals surface area contributed by atoms with Gasteiger partial charge in [0.2, 0.25) is 11.8 Å². The molecule has 0 radical (unpaired) electrons. The summed E-state index contributed by atoms with van der Waals surface area (Å²) in [5, 5.41) is 6.44. The van der Waals surface area contributed by atoms with E-state index in [1.807, 2.05) is 36.4 Å². The molecule has 26 heavy (non-hydrogen) atoms. The number of hydrogen-bond acceptors (Lipinski definition) is 2. The summed E-state index contributed by atoms with van der Waals surface area (Å²) in [6, 6.07) is 14.8. The zero-order valence-electron chi connectivity index (χ0n) is 14.8. The Balaban J connectivity index is 1.88. The molecule has 0 bridgehead atoms. The van der Waals surface area contributed by atoms with Gasteiger partial charge in [0.15, 0.2) is 0 Å². The Kier molecular flexibility index (Phi) is 5.62. The van der Waals surface area contributed by atoms with Crippen molar-refractivity contribution in [2.75, 3.05) is 10.6 Å². The molecule has 2 N–H and O–H groups in total. The van der Waals surface area contributed by atoms with Crippen molar-refractivity contribution >= 4 is 34.8 Å². The lowest BCUT2D eigenvalue weighted by Crippen LogP contribution is -2.42. The maximum atomic E-state index is 13.3. The van der Waals surface area contributed by atoms with Crippen molar-refractivity contribution in [1.29, 1.82) is 0 Å². The summed E-state index contributed by atoms with van der Waals surface area (Å²) in [7, 11) is 0. The van der Waals surface area contributed by atoms with Crippen LogP contribution in [0.15, 0.2) is 48.5 Å². The van der Waals surface area contributed by atoms with Crippen LogP contribution >= 0.6 is 11.6 Å². The van der Waals surface area contributed by atoms with Gasteiger partial charge in [-0.25, -0.2) is 0 Å². The lowest BCUT2D eigenvalue weighted by atomic mass is 9.68. The molecule has 136 valence electrons. The molecule has 3 rings (SSSR count). The minimum atomic E-state index is -0.562. The molecular weight excluding hydrogens is 348 g/mol. The van der Waals surface area contributed by atoms with E-state index < -0.39 is 5.41 Å². The Hall–Kier alpha value is -2.33. The largest absolute Gasteiger partial charge is 0.326 e. The molecule has 1 fully saturated rings. The summed E-state index contributed by atoms with van der Waals surface area (Å²) < 4.78 is 0. The van der Waals surface area contributed by atoms with E-state index in [-0.39, 0.29) is 11.8 Å². The first kappa shape index (κ1) is 18.5. The highest BCUT2D eigenvalue weighted by Crippen LogP contribution is 2.41. The smallest absolute Gasteiger partial charge is 0.235 e. The molecule has 1 saturated carbocycles. The molecule has 0 heterocycles. The third-order valence-electron chi connectivity index (χ3n) is 4.96. The zero-order valence-corrected chi connectivity index (χ0v) is 15.6. The van der Waals surface area contributed by atoms with Crippen LogP contribution in [0.4, 0.5) is 11.4 Å². The molecule has 0 spiro atoms. The van der Waals surface area contributed by atoms with Gasteiger partial charge in [0.1, 0.15) is 0 Å². The summed E-state index contributed by atoms with van der Waals surface area (Å²) in [5.41, 5.74) is 1.75. The summed E-state index contributed by atoms with van der Waals surface area (Å²) >= 11 is 6.19. The molecule has 2 aromatic carbocycles. The standard InChI is InChI=1S/C21H23ClN2O2/c1-15(25)23-18-9-6-10-19(14-18)24-20(26)21(11-3-2-4-12-21)16-7-5-8-17(22)13-16/h5-10,13-14H,2-4,11-12H2,1H3,(H,23,25)(H,24,26). The zero-order chi connectivity index (χ0) is 18.6. The molecule has 1 aliphatic rings. The number of carbonyl (C=O) groups excluding carboxylic acids is 2. The predicted molar refractivity (Wildman–Crippen MR) is 106 cm³/mol. The molecule has 2 aromatic rings. The van der Waals surface area contributed by atoms with Gasteiger partial charge < -0.3 is 10.6 Å². The van der Waals surface area contributed by atoms with Crippen molar-refractivity contribution in [2.45, 2.75) is 44.4 Å². The highest BCUT2D eigenvalue weighted by atomic mass is 35.5. The summed E-state index contributed by atoms with van der Waals surface area (Å²) in [4.78, 5) is 24.5. The van der Waals surface area contributed by atoms with Gasteiger partial charge in [-0.3, -0.25) is 9.59 Å². The van der Waals surface area contributed by atoms with Crippen molar-refractivity contribution in [3.05, 3.63) is 59.1 Å². The summed E-state index contributed by atoms with van der Waals surface area (Å²) in [6.45, 7) is 1.46. The molecule has 2 amide bonds. The SMILES string of the molecule is CC(=O)Nc1cccc(NC(=O)C2(c3cccc(Cl)c3)CCCCC2)c1. The van der Waals surface area contributed by atoms with Crippen LogP contribution in [-0.2, 0) is 15.0 Å². The molecule has 0 aromatic heterocycles. The highest BCUT2D eigenvalue weighted by molar-refractivity contribution is 6.30. The number of benzene rings is 2. The van der Waals surface area contributed by atoms with E-state index in [0.29, 0.717) is 16.4 Å². The van der Waals surface area contributed by atoms with Crippen molar-refractivity contribution in [3.8, 4) is 0 Å². The third kappa shape index (κ3) is 4.07. The summed E-state index contributed by atoms with van der Waals surface area (Å²) in [6.07, 6.45) is 4.81. The molecule has 0 unspecified atom stereocenters. The molecule has 1 aliphatic carbocycles. The first-order chi connectivity index (χ1) is 12.5. The van der Waals surface area contributed by atoms with Crippen LogP contribution in [0.2, 0.25) is 5.02 Å². The van der Waals surface area contributed by atoms with Crippen molar-refractivity contribution in [2.24, 2.45) is 0 Å². The van der Waals surface area contributed by atoms with Crippen LogP contribution in [0.5, 0.6) is 0 Å². The van der Waals surface area contributed by atoms with Crippen molar-refractivity contribution in [1.82, 2.24) is 0 Å². The number of amides is 2.